The molecule has 0 N–H and O–H groups in total. The molecular formula is C23H19N3O2S3. The molecule has 0 spiro atoms. The Morgan fingerprint density at radius 2 is 1.39 bits per heavy atom. The van der Waals surface area contributed by atoms with Gasteiger partial charge in [0.1, 0.15) is 5.08 Å². The smallest absolute Gasteiger partial charge is 0.250 e. The molecule has 0 radical (unpaired) electrons. The Balaban J connectivity index is 1.61. The van der Waals surface area contributed by atoms with Crippen LogP contribution in [0.3, 0.4) is 0 Å². The Bertz CT molecular complexity index is 1240. The van der Waals surface area contributed by atoms with Crippen LogP contribution in [0.5, 0.6) is 0 Å². The molecule has 1 saturated heterocycles. The number of rotatable bonds is 1. The summed E-state index contributed by atoms with van der Waals surface area (Å²) >= 11 is 6.99. The number of thioether (sulfide) groups is 1. The third-order valence-corrected chi connectivity index (χ3v) is 8.82. The van der Waals surface area contributed by atoms with Crippen LogP contribution in [0.2, 0.25) is 0 Å². The highest BCUT2D eigenvalue weighted by Crippen LogP contribution is 2.38. The van der Waals surface area contributed by atoms with E-state index >= 15 is 0 Å². The summed E-state index contributed by atoms with van der Waals surface area (Å²) in [5, 5.41) is 0.633. The fourth-order valence-electron chi connectivity index (χ4n) is 3.89. The number of fused-ring (bicyclic) bond motifs is 2. The van der Waals surface area contributed by atoms with Gasteiger partial charge in [-0.1, -0.05) is 66.4 Å². The van der Waals surface area contributed by atoms with Crippen LogP contribution in [0.1, 0.15) is 11.1 Å². The molecule has 0 saturated carbocycles. The van der Waals surface area contributed by atoms with Gasteiger partial charge in [-0.2, -0.15) is 4.99 Å². The first-order valence-electron chi connectivity index (χ1n) is 9.84. The van der Waals surface area contributed by atoms with E-state index in [0.717, 1.165) is 24.2 Å². The van der Waals surface area contributed by atoms with Gasteiger partial charge < -0.3 is 0 Å². The second kappa shape index (κ2) is 8.11. The fourth-order valence-corrected chi connectivity index (χ4v) is 7.26. The van der Waals surface area contributed by atoms with Crippen LogP contribution < -0.4 is 9.21 Å². The van der Waals surface area contributed by atoms with E-state index in [4.69, 9.17) is 12.2 Å². The second-order valence-corrected chi connectivity index (χ2v) is 10.7. The summed E-state index contributed by atoms with van der Waals surface area (Å²) in [5.41, 5.74) is 4.91. The standard InChI is InChI=1S/C23H19N3O2S3/c27-31(28)16-30-23(26(31)19-10-2-1-3-11-19)24-22(29)25-20-12-6-4-8-17(20)14-15-18-9-5-7-13-21(18)25/h1-13H,14-16H2/b24-23-. The van der Waals surface area contributed by atoms with E-state index < -0.39 is 10.0 Å². The zero-order valence-electron chi connectivity index (χ0n) is 16.5. The lowest BCUT2D eigenvalue weighted by Gasteiger charge is -2.26. The predicted octanol–water partition coefficient (Wildman–Crippen LogP) is 5.10. The van der Waals surface area contributed by atoms with E-state index in [1.807, 2.05) is 59.5 Å². The lowest BCUT2D eigenvalue weighted by atomic mass is 10.0. The minimum Gasteiger partial charge on any atom is -0.285 e. The maximum absolute atomic E-state index is 12.7. The fraction of sp³-hybridized carbons (Fsp3) is 0.130. The van der Waals surface area contributed by atoms with Crippen LogP contribution in [0.25, 0.3) is 0 Å². The molecule has 2 heterocycles. The van der Waals surface area contributed by atoms with Crippen LogP contribution in [-0.2, 0) is 22.9 Å². The number of para-hydroxylation sites is 3. The number of thiocarbonyl (C=S) groups is 1. The zero-order valence-corrected chi connectivity index (χ0v) is 19.0. The number of aryl methyl sites for hydroxylation is 2. The lowest BCUT2D eigenvalue weighted by molar-refractivity contribution is 0.602. The first-order chi connectivity index (χ1) is 15.0. The largest absolute Gasteiger partial charge is 0.285 e. The summed E-state index contributed by atoms with van der Waals surface area (Å²) in [6.07, 6.45) is 1.81. The Kier molecular flexibility index (Phi) is 5.29. The number of hydrogen-bond donors (Lipinski definition) is 0. The third-order valence-electron chi connectivity index (χ3n) is 5.29. The summed E-state index contributed by atoms with van der Waals surface area (Å²) in [6, 6.07) is 25.3. The van der Waals surface area contributed by atoms with Crippen LogP contribution in [-0.4, -0.2) is 23.8 Å². The molecule has 5 rings (SSSR count). The monoisotopic (exact) mass is 465 g/mol. The van der Waals surface area contributed by atoms with Gasteiger partial charge in [0.2, 0.25) is 5.11 Å². The first kappa shape index (κ1) is 20.2. The molecule has 156 valence electrons. The number of nitrogens with zero attached hydrogens (tertiary/aromatic N) is 3. The van der Waals surface area contributed by atoms with Crippen molar-refractivity contribution in [3.8, 4) is 0 Å². The van der Waals surface area contributed by atoms with Gasteiger partial charge >= 0.3 is 0 Å². The molecule has 0 amide bonds. The van der Waals surface area contributed by atoms with Gasteiger partial charge in [0, 0.05) is 0 Å². The lowest BCUT2D eigenvalue weighted by Crippen LogP contribution is -2.31. The van der Waals surface area contributed by atoms with Crippen molar-refractivity contribution >= 4 is 61.3 Å². The molecule has 0 atom stereocenters. The minimum absolute atomic E-state index is 0.0590. The summed E-state index contributed by atoms with van der Waals surface area (Å²) in [5.74, 6) is 0. The number of aliphatic imine (C=N–C) groups is 1. The number of benzene rings is 3. The average molecular weight is 466 g/mol. The molecule has 3 aromatic carbocycles. The van der Waals surface area contributed by atoms with Crippen LogP contribution in [0, 0.1) is 0 Å². The topological polar surface area (TPSA) is 53.0 Å². The van der Waals surface area contributed by atoms with Crippen molar-refractivity contribution < 1.29 is 8.42 Å². The highest BCUT2D eigenvalue weighted by Gasteiger charge is 2.36. The van der Waals surface area contributed by atoms with Crippen molar-refractivity contribution in [3.63, 3.8) is 0 Å². The second-order valence-electron chi connectivity index (χ2n) is 7.24. The van der Waals surface area contributed by atoms with E-state index in [0.29, 0.717) is 16.0 Å². The Morgan fingerprint density at radius 3 is 2.00 bits per heavy atom. The van der Waals surface area contributed by atoms with Crippen molar-refractivity contribution in [2.75, 3.05) is 14.3 Å². The molecule has 0 aromatic heterocycles. The Hall–Kier alpha value is -2.68. The quantitative estimate of drug-likeness (QED) is 0.468. The van der Waals surface area contributed by atoms with Crippen LogP contribution in [0.15, 0.2) is 83.9 Å². The van der Waals surface area contributed by atoms with Gasteiger partial charge in [-0.15, -0.1) is 0 Å². The van der Waals surface area contributed by atoms with Crippen LogP contribution >= 0.6 is 24.0 Å². The van der Waals surface area contributed by atoms with Gasteiger partial charge in [0.15, 0.2) is 5.17 Å². The van der Waals surface area contributed by atoms with Crippen molar-refractivity contribution in [1.82, 2.24) is 0 Å². The highest BCUT2D eigenvalue weighted by atomic mass is 32.3. The van der Waals surface area contributed by atoms with Crippen molar-refractivity contribution in [3.05, 3.63) is 90.0 Å². The molecule has 5 nitrogen and oxygen atoms in total. The summed E-state index contributed by atoms with van der Waals surface area (Å²) in [7, 11) is -3.51. The normalized spacial score (nSPS) is 18.4. The maximum Gasteiger partial charge on any atom is 0.250 e. The molecular weight excluding hydrogens is 446 g/mol. The maximum atomic E-state index is 12.7. The van der Waals surface area contributed by atoms with Gasteiger partial charge in [0.25, 0.3) is 10.0 Å². The molecule has 8 heteroatoms. The van der Waals surface area contributed by atoms with E-state index in [1.54, 1.807) is 12.1 Å². The summed E-state index contributed by atoms with van der Waals surface area (Å²) in [4.78, 5) is 6.64. The van der Waals surface area contributed by atoms with E-state index in [2.05, 4.69) is 17.1 Å². The predicted molar refractivity (Wildman–Crippen MR) is 133 cm³/mol. The average Bonchev–Trinajstić information content (AvgIpc) is 2.98. The van der Waals surface area contributed by atoms with Crippen molar-refractivity contribution in [1.29, 1.82) is 0 Å². The van der Waals surface area contributed by atoms with Gasteiger partial charge in [-0.25, -0.2) is 12.7 Å². The van der Waals surface area contributed by atoms with Crippen molar-refractivity contribution in [2.24, 2.45) is 4.99 Å². The van der Waals surface area contributed by atoms with E-state index in [9.17, 15) is 8.42 Å². The molecule has 0 unspecified atom stereocenters. The number of amidine groups is 1. The molecule has 0 bridgehead atoms. The number of sulfonamides is 1. The first-order valence-corrected chi connectivity index (χ1v) is 12.8. The zero-order chi connectivity index (χ0) is 21.4. The van der Waals surface area contributed by atoms with Gasteiger partial charge in [-0.3, -0.25) is 4.90 Å². The molecule has 0 aliphatic carbocycles. The Morgan fingerprint density at radius 1 is 0.839 bits per heavy atom. The van der Waals surface area contributed by atoms with E-state index in [1.165, 1.54) is 27.2 Å². The minimum atomic E-state index is -3.51. The van der Waals surface area contributed by atoms with E-state index in [-0.39, 0.29) is 5.08 Å². The summed E-state index contributed by atoms with van der Waals surface area (Å²) in [6.45, 7) is 0. The number of hydrogen-bond acceptors (Lipinski definition) is 4. The van der Waals surface area contributed by atoms with Crippen LogP contribution in [0.4, 0.5) is 17.1 Å². The summed E-state index contributed by atoms with van der Waals surface area (Å²) < 4.78 is 26.8. The number of anilines is 3. The Labute approximate surface area is 191 Å². The van der Waals surface area contributed by atoms with Gasteiger partial charge in [-0.05, 0) is 60.5 Å². The third kappa shape index (κ3) is 3.75. The highest BCUT2D eigenvalue weighted by molar-refractivity contribution is 8.27. The molecule has 2 aliphatic heterocycles. The molecule has 31 heavy (non-hydrogen) atoms. The van der Waals surface area contributed by atoms with Gasteiger partial charge in [0.05, 0.1) is 17.1 Å². The SMILES string of the molecule is O=S1(=O)CS/C(=N\C(=S)N2c3ccccc3CCc3ccccc32)N1c1ccccc1. The van der Waals surface area contributed by atoms with Crippen molar-refractivity contribution in [2.45, 2.75) is 12.8 Å². The molecule has 1 fully saturated rings. The molecule has 3 aromatic rings. The molecule has 2 aliphatic rings.